The molecule has 6 heteroatoms. The number of hydrogen-bond donors (Lipinski definition) is 2. The molecular weight excluding hydrogens is 320 g/mol. The number of rotatable bonds is 9. The Morgan fingerprint density at radius 2 is 2.12 bits per heavy atom. The van der Waals surface area contributed by atoms with Crippen LogP contribution in [0.5, 0.6) is 0 Å². The zero-order valence-corrected chi connectivity index (χ0v) is 16.2. The van der Waals surface area contributed by atoms with E-state index in [0.29, 0.717) is 5.41 Å². The molecule has 0 aromatic carbocycles. The second kappa shape index (κ2) is 9.99. The molecule has 1 aliphatic rings. The topological polar surface area (TPSA) is 58.5 Å². The molecule has 1 fully saturated rings. The molecule has 0 aliphatic heterocycles. The lowest BCUT2D eigenvalue weighted by molar-refractivity contribution is 0.105. The van der Waals surface area contributed by atoms with Crippen LogP contribution < -0.4 is 10.6 Å². The van der Waals surface area contributed by atoms with Crippen molar-refractivity contribution in [1.29, 1.82) is 0 Å². The molecule has 5 nitrogen and oxygen atoms in total. The van der Waals surface area contributed by atoms with E-state index in [9.17, 15) is 0 Å². The molecule has 0 saturated heterocycles. The zero-order valence-electron chi connectivity index (χ0n) is 15.4. The van der Waals surface area contributed by atoms with Crippen molar-refractivity contribution in [1.82, 2.24) is 15.6 Å². The van der Waals surface area contributed by atoms with E-state index in [0.717, 1.165) is 50.8 Å². The van der Waals surface area contributed by atoms with Gasteiger partial charge < -0.3 is 15.4 Å². The summed E-state index contributed by atoms with van der Waals surface area (Å²) < 4.78 is 5.59. The standard InChI is InChI=1S/C18H32N4OS/c1-4-16-22-15(13-24-16)12-20-17(19-3)21-14-18(8-6-7-9-18)10-11-23-5-2/h13H,4-12,14H2,1-3H3,(H2,19,20,21). The molecule has 2 rings (SSSR count). The first-order chi connectivity index (χ1) is 11.7. The molecule has 0 spiro atoms. The summed E-state index contributed by atoms with van der Waals surface area (Å²) in [5.41, 5.74) is 1.45. The van der Waals surface area contributed by atoms with Gasteiger partial charge in [-0.2, -0.15) is 0 Å². The normalized spacial score (nSPS) is 17.2. The van der Waals surface area contributed by atoms with Gasteiger partial charge in [0, 0.05) is 32.2 Å². The lowest BCUT2D eigenvalue weighted by Gasteiger charge is -2.30. The number of thiazole rings is 1. The first kappa shape index (κ1) is 19.2. The highest BCUT2D eigenvalue weighted by Gasteiger charge is 2.33. The highest BCUT2D eigenvalue weighted by Crippen LogP contribution is 2.40. The summed E-state index contributed by atoms with van der Waals surface area (Å²) in [5.74, 6) is 0.865. The Morgan fingerprint density at radius 3 is 2.75 bits per heavy atom. The van der Waals surface area contributed by atoms with E-state index in [-0.39, 0.29) is 0 Å². The van der Waals surface area contributed by atoms with Gasteiger partial charge in [0.2, 0.25) is 0 Å². The highest BCUT2D eigenvalue weighted by molar-refractivity contribution is 7.09. The smallest absolute Gasteiger partial charge is 0.191 e. The Balaban J connectivity index is 1.80. The predicted molar refractivity (Wildman–Crippen MR) is 102 cm³/mol. The maximum Gasteiger partial charge on any atom is 0.191 e. The van der Waals surface area contributed by atoms with Gasteiger partial charge in [-0.15, -0.1) is 11.3 Å². The van der Waals surface area contributed by atoms with Gasteiger partial charge in [-0.25, -0.2) is 4.98 Å². The van der Waals surface area contributed by atoms with Crippen molar-refractivity contribution in [3.8, 4) is 0 Å². The minimum absolute atomic E-state index is 0.364. The molecule has 1 aromatic heterocycles. The van der Waals surface area contributed by atoms with Crippen LogP contribution in [-0.4, -0.2) is 37.7 Å². The molecule has 0 unspecified atom stereocenters. The molecule has 1 aromatic rings. The van der Waals surface area contributed by atoms with Crippen LogP contribution in [0.2, 0.25) is 0 Å². The minimum atomic E-state index is 0.364. The third-order valence-corrected chi connectivity index (χ3v) is 5.88. The average molecular weight is 353 g/mol. The molecule has 0 atom stereocenters. The Labute approximate surface area is 150 Å². The molecule has 24 heavy (non-hydrogen) atoms. The van der Waals surface area contributed by atoms with Crippen molar-refractivity contribution < 1.29 is 4.74 Å². The number of aliphatic imine (C=N–C) groups is 1. The lowest BCUT2D eigenvalue weighted by atomic mass is 9.83. The van der Waals surface area contributed by atoms with Crippen molar-refractivity contribution in [3.63, 3.8) is 0 Å². The lowest BCUT2D eigenvalue weighted by Crippen LogP contribution is -2.43. The van der Waals surface area contributed by atoms with E-state index in [2.05, 4.69) is 39.8 Å². The maximum absolute atomic E-state index is 5.59. The molecule has 2 N–H and O–H groups in total. The summed E-state index contributed by atoms with van der Waals surface area (Å²) in [6.45, 7) is 7.57. The van der Waals surface area contributed by atoms with Gasteiger partial charge >= 0.3 is 0 Å². The Bertz CT molecular complexity index is 509. The summed E-state index contributed by atoms with van der Waals surface area (Å²) in [4.78, 5) is 8.95. The van der Waals surface area contributed by atoms with Crippen molar-refractivity contribution in [3.05, 3.63) is 16.1 Å². The summed E-state index contributed by atoms with van der Waals surface area (Å²) in [7, 11) is 1.83. The number of hydrogen-bond acceptors (Lipinski definition) is 4. The average Bonchev–Trinajstić information content (AvgIpc) is 3.25. The van der Waals surface area contributed by atoms with E-state index < -0.39 is 0 Å². The fourth-order valence-corrected chi connectivity index (χ4v) is 4.08. The summed E-state index contributed by atoms with van der Waals surface area (Å²) in [6.07, 6.45) is 7.37. The van der Waals surface area contributed by atoms with Crippen molar-refractivity contribution in [2.24, 2.45) is 10.4 Å². The fourth-order valence-electron chi connectivity index (χ4n) is 3.33. The Morgan fingerprint density at radius 1 is 1.33 bits per heavy atom. The third-order valence-electron chi connectivity index (χ3n) is 4.84. The molecule has 0 bridgehead atoms. The summed E-state index contributed by atoms with van der Waals surface area (Å²) in [6, 6.07) is 0. The second-order valence-electron chi connectivity index (χ2n) is 6.52. The van der Waals surface area contributed by atoms with Crippen LogP contribution in [0.25, 0.3) is 0 Å². The number of aromatic nitrogens is 1. The van der Waals surface area contributed by atoms with Crippen LogP contribution in [-0.2, 0) is 17.7 Å². The quantitative estimate of drug-likeness (QED) is 0.406. The highest BCUT2D eigenvalue weighted by atomic mass is 32.1. The van der Waals surface area contributed by atoms with Gasteiger partial charge in [0.1, 0.15) is 0 Å². The number of ether oxygens (including phenoxy) is 1. The molecule has 1 saturated carbocycles. The van der Waals surface area contributed by atoms with E-state index in [1.54, 1.807) is 11.3 Å². The SMILES string of the molecule is CCOCCC1(CNC(=NC)NCc2csc(CC)n2)CCCC1. The predicted octanol–water partition coefficient (Wildman–Crippen LogP) is 3.36. The fraction of sp³-hybridized carbons (Fsp3) is 0.778. The van der Waals surface area contributed by atoms with Gasteiger partial charge in [-0.3, -0.25) is 4.99 Å². The van der Waals surface area contributed by atoms with Crippen molar-refractivity contribution >= 4 is 17.3 Å². The van der Waals surface area contributed by atoms with Crippen LogP contribution in [0.3, 0.4) is 0 Å². The third kappa shape index (κ3) is 5.74. The first-order valence-electron chi connectivity index (χ1n) is 9.17. The molecule has 1 heterocycles. The maximum atomic E-state index is 5.59. The van der Waals surface area contributed by atoms with Gasteiger partial charge in [0.25, 0.3) is 0 Å². The van der Waals surface area contributed by atoms with Gasteiger partial charge in [0.05, 0.1) is 17.2 Å². The molecule has 0 amide bonds. The van der Waals surface area contributed by atoms with Crippen LogP contribution in [0.15, 0.2) is 10.4 Å². The number of nitrogens with one attached hydrogen (secondary N) is 2. The number of aryl methyl sites for hydroxylation is 1. The first-order valence-corrected chi connectivity index (χ1v) is 10.0. The van der Waals surface area contributed by atoms with Crippen molar-refractivity contribution in [2.45, 2.75) is 58.9 Å². The van der Waals surface area contributed by atoms with Gasteiger partial charge in [-0.1, -0.05) is 19.8 Å². The Hall–Kier alpha value is -1.14. The van der Waals surface area contributed by atoms with E-state index >= 15 is 0 Å². The monoisotopic (exact) mass is 352 g/mol. The number of guanidine groups is 1. The molecular formula is C18H32N4OS. The van der Waals surface area contributed by atoms with Crippen LogP contribution in [0.4, 0.5) is 0 Å². The largest absolute Gasteiger partial charge is 0.382 e. The number of nitrogens with zero attached hydrogens (tertiary/aromatic N) is 2. The zero-order chi connectivity index (χ0) is 17.3. The van der Waals surface area contributed by atoms with Crippen molar-refractivity contribution in [2.75, 3.05) is 26.8 Å². The summed E-state index contributed by atoms with van der Waals surface area (Å²) in [5, 5.41) is 10.2. The molecule has 136 valence electrons. The van der Waals surface area contributed by atoms with Crippen LogP contribution >= 0.6 is 11.3 Å². The minimum Gasteiger partial charge on any atom is -0.382 e. The van der Waals surface area contributed by atoms with Gasteiger partial charge in [-0.05, 0) is 38.0 Å². The van der Waals surface area contributed by atoms with Crippen LogP contribution in [0.1, 0.15) is 56.7 Å². The molecule has 1 aliphatic carbocycles. The molecule has 0 radical (unpaired) electrons. The van der Waals surface area contributed by atoms with E-state index in [4.69, 9.17) is 4.74 Å². The van der Waals surface area contributed by atoms with Gasteiger partial charge in [0.15, 0.2) is 5.96 Å². The van der Waals surface area contributed by atoms with Crippen LogP contribution in [0, 0.1) is 5.41 Å². The van der Waals surface area contributed by atoms with E-state index in [1.807, 2.05) is 7.05 Å². The van der Waals surface area contributed by atoms with E-state index in [1.165, 1.54) is 30.7 Å². The summed E-state index contributed by atoms with van der Waals surface area (Å²) >= 11 is 1.73. The Kier molecular flexibility index (Phi) is 7.99. The second-order valence-corrected chi connectivity index (χ2v) is 7.46.